The number of rotatable bonds is 3. The van der Waals surface area contributed by atoms with Crippen molar-refractivity contribution in [3.8, 4) is 0 Å². The van der Waals surface area contributed by atoms with Crippen LogP contribution < -0.4 is 10.9 Å². The summed E-state index contributed by atoms with van der Waals surface area (Å²) in [4.78, 5) is 26.0. The summed E-state index contributed by atoms with van der Waals surface area (Å²) in [6, 6.07) is 1.74. The fourth-order valence-corrected chi connectivity index (χ4v) is 1.52. The average molecular weight is 238 g/mol. The molecule has 0 aromatic carbocycles. The quantitative estimate of drug-likeness (QED) is 0.717. The molecule has 1 heterocycles. The second kappa shape index (κ2) is 4.71. The number of carbonyl (C=O) groups excluding carboxylic acids is 1. The molecule has 94 valence electrons. The number of carbonyl (C=O) groups is 1. The predicted octanol–water partition coefficient (Wildman–Crippen LogP) is 0.492. The monoisotopic (exact) mass is 238 g/mol. The fourth-order valence-electron chi connectivity index (χ4n) is 1.52. The van der Waals surface area contributed by atoms with Crippen molar-refractivity contribution in [3.05, 3.63) is 33.2 Å². The summed E-state index contributed by atoms with van der Waals surface area (Å²) in [6.45, 7) is 6.73. The van der Waals surface area contributed by atoms with Gasteiger partial charge in [-0.1, -0.05) is 0 Å². The Bertz CT molecular complexity index is 484. The van der Waals surface area contributed by atoms with Crippen LogP contribution in [0, 0.1) is 13.8 Å². The number of H-pyrrole nitrogens is 1. The maximum atomic E-state index is 11.8. The maximum absolute atomic E-state index is 11.8. The van der Waals surface area contributed by atoms with E-state index in [0.717, 1.165) is 0 Å². The summed E-state index contributed by atoms with van der Waals surface area (Å²) >= 11 is 0. The van der Waals surface area contributed by atoms with Gasteiger partial charge in [0.15, 0.2) is 0 Å². The first-order chi connectivity index (χ1) is 7.70. The van der Waals surface area contributed by atoms with Crippen LogP contribution in [0.1, 0.15) is 35.5 Å². The van der Waals surface area contributed by atoms with Gasteiger partial charge in [0.05, 0.1) is 5.60 Å². The number of aliphatic hydroxyl groups is 1. The SMILES string of the molecule is Cc1cc(C)c(C(=O)NCC(C)(C)O)c(=O)[nH]1. The van der Waals surface area contributed by atoms with E-state index in [0.29, 0.717) is 11.3 Å². The molecule has 0 fully saturated rings. The van der Waals surface area contributed by atoms with Crippen LogP contribution in [0.3, 0.4) is 0 Å². The molecule has 1 aromatic heterocycles. The molecule has 0 aliphatic heterocycles. The van der Waals surface area contributed by atoms with Crippen LogP contribution in [0.5, 0.6) is 0 Å². The zero-order valence-electron chi connectivity index (χ0n) is 10.5. The van der Waals surface area contributed by atoms with Gasteiger partial charge in [0.2, 0.25) is 0 Å². The Morgan fingerprint density at radius 2 is 2.06 bits per heavy atom. The number of hydrogen-bond acceptors (Lipinski definition) is 3. The van der Waals surface area contributed by atoms with Crippen molar-refractivity contribution in [1.82, 2.24) is 10.3 Å². The Labute approximate surface area is 99.9 Å². The van der Waals surface area contributed by atoms with E-state index in [1.807, 2.05) is 0 Å². The van der Waals surface area contributed by atoms with Gasteiger partial charge in [0.25, 0.3) is 11.5 Å². The molecule has 0 bridgehead atoms. The van der Waals surface area contributed by atoms with E-state index in [2.05, 4.69) is 10.3 Å². The lowest BCUT2D eigenvalue weighted by molar-refractivity contribution is 0.0693. The molecule has 5 heteroatoms. The van der Waals surface area contributed by atoms with Crippen LogP contribution >= 0.6 is 0 Å². The standard InChI is InChI=1S/C12H18N2O3/c1-7-5-8(2)14-11(16)9(7)10(15)13-6-12(3,4)17/h5,17H,6H2,1-4H3,(H,13,15)(H,14,16). The molecule has 3 N–H and O–H groups in total. The van der Waals surface area contributed by atoms with Crippen molar-refractivity contribution >= 4 is 5.91 Å². The van der Waals surface area contributed by atoms with Crippen molar-refractivity contribution in [2.45, 2.75) is 33.3 Å². The van der Waals surface area contributed by atoms with Gasteiger partial charge in [-0.15, -0.1) is 0 Å². The highest BCUT2D eigenvalue weighted by molar-refractivity contribution is 5.95. The lowest BCUT2D eigenvalue weighted by Gasteiger charge is -2.17. The lowest BCUT2D eigenvalue weighted by Crippen LogP contribution is -2.40. The van der Waals surface area contributed by atoms with Crippen molar-refractivity contribution in [2.75, 3.05) is 6.54 Å². The maximum Gasteiger partial charge on any atom is 0.261 e. The van der Waals surface area contributed by atoms with Gasteiger partial charge in [-0.2, -0.15) is 0 Å². The normalized spacial score (nSPS) is 11.4. The topological polar surface area (TPSA) is 82.2 Å². The Hall–Kier alpha value is -1.62. The zero-order chi connectivity index (χ0) is 13.2. The summed E-state index contributed by atoms with van der Waals surface area (Å²) in [7, 11) is 0. The van der Waals surface area contributed by atoms with E-state index < -0.39 is 17.1 Å². The van der Waals surface area contributed by atoms with Gasteiger partial charge in [-0.3, -0.25) is 9.59 Å². The minimum atomic E-state index is -0.999. The van der Waals surface area contributed by atoms with E-state index >= 15 is 0 Å². The van der Waals surface area contributed by atoms with E-state index in [1.54, 1.807) is 33.8 Å². The third-order valence-corrected chi connectivity index (χ3v) is 2.27. The highest BCUT2D eigenvalue weighted by Gasteiger charge is 2.18. The molecule has 1 rings (SSSR count). The number of pyridine rings is 1. The smallest absolute Gasteiger partial charge is 0.261 e. The third kappa shape index (κ3) is 3.71. The Morgan fingerprint density at radius 1 is 1.47 bits per heavy atom. The average Bonchev–Trinajstić information content (AvgIpc) is 2.11. The molecule has 0 radical (unpaired) electrons. The number of nitrogens with one attached hydrogen (secondary N) is 2. The largest absolute Gasteiger partial charge is 0.389 e. The predicted molar refractivity (Wildman–Crippen MR) is 65.2 cm³/mol. The fraction of sp³-hybridized carbons (Fsp3) is 0.500. The minimum Gasteiger partial charge on any atom is -0.389 e. The van der Waals surface area contributed by atoms with Crippen molar-refractivity contribution in [1.29, 1.82) is 0 Å². The molecule has 0 atom stereocenters. The summed E-state index contributed by atoms with van der Waals surface area (Å²) in [5.41, 5.74) is 0.0303. The molecule has 0 saturated carbocycles. The molecule has 17 heavy (non-hydrogen) atoms. The molecule has 0 unspecified atom stereocenters. The number of hydrogen-bond donors (Lipinski definition) is 3. The van der Waals surface area contributed by atoms with E-state index in [1.165, 1.54) is 0 Å². The van der Waals surface area contributed by atoms with Crippen LogP contribution in [-0.2, 0) is 0 Å². The molecule has 1 amide bonds. The number of aromatic amines is 1. The number of amides is 1. The van der Waals surface area contributed by atoms with Gasteiger partial charge < -0.3 is 15.4 Å². The van der Waals surface area contributed by atoms with Gasteiger partial charge in [0.1, 0.15) is 5.56 Å². The molecule has 0 saturated heterocycles. The Balaban J connectivity index is 2.94. The van der Waals surface area contributed by atoms with Crippen LogP contribution in [0.2, 0.25) is 0 Å². The van der Waals surface area contributed by atoms with Gasteiger partial charge in [0, 0.05) is 12.2 Å². The second-order valence-electron chi connectivity index (χ2n) is 4.83. The van der Waals surface area contributed by atoms with Crippen molar-refractivity contribution < 1.29 is 9.90 Å². The molecule has 5 nitrogen and oxygen atoms in total. The van der Waals surface area contributed by atoms with E-state index in [9.17, 15) is 14.7 Å². The summed E-state index contributed by atoms with van der Waals surface area (Å²) in [6.07, 6.45) is 0. The van der Waals surface area contributed by atoms with Crippen LogP contribution in [0.25, 0.3) is 0 Å². The molecule has 1 aromatic rings. The lowest BCUT2D eigenvalue weighted by atomic mass is 10.1. The molecular weight excluding hydrogens is 220 g/mol. The van der Waals surface area contributed by atoms with Crippen LogP contribution in [-0.4, -0.2) is 28.1 Å². The first kappa shape index (κ1) is 13.4. The van der Waals surface area contributed by atoms with Crippen molar-refractivity contribution in [3.63, 3.8) is 0 Å². The number of aromatic nitrogens is 1. The van der Waals surface area contributed by atoms with E-state index in [-0.39, 0.29) is 12.1 Å². The zero-order valence-corrected chi connectivity index (χ0v) is 10.5. The van der Waals surface area contributed by atoms with Crippen molar-refractivity contribution in [2.24, 2.45) is 0 Å². The molecule has 0 aliphatic carbocycles. The van der Waals surface area contributed by atoms with Crippen LogP contribution in [0.4, 0.5) is 0 Å². The Morgan fingerprint density at radius 3 is 2.53 bits per heavy atom. The van der Waals surface area contributed by atoms with Crippen LogP contribution in [0.15, 0.2) is 10.9 Å². The molecular formula is C12H18N2O3. The van der Waals surface area contributed by atoms with Gasteiger partial charge >= 0.3 is 0 Å². The van der Waals surface area contributed by atoms with Gasteiger partial charge in [-0.25, -0.2) is 0 Å². The summed E-state index contributed by atoms with van der Waals surface area (Å²) in [5, 5.41) is 12.0. The number of aryl methyl sites for hydroxylation is 2. The minimum absolute atomic E-state index is 0.0958. The molecule has 0 aliphatic rings. The third-order valence-electron chi connectivity index (χ3n) is 2.27. The first-order valence-electron chi connectivity index (χ1n) is 5.42. The van der Waals surface area contributed by atoms with E-state index in [4.69, 9.17) is 0 Å². The highest BCUT2D eigenvalue weighted by Crippen LogP contribution is 2.04. The highest BCUT2D eigenvalue weighted by atomic mass is 16.3. The first-order valence-corrected chi connectivity index (χ1v) is 5.42. The Kier molecular flexibility index (Phi) is 3.72. The second-order valence-corrected chi connectivity index (χ2v) is 4.83. The molecule has 0 spiro atoms. The van der Waals surface area contributed by atoms with Gasteiger partial charge in [-0.05, 0) is 39.3 Å². The summed E-state index contributed by atoms with van der Waals surface area (Å²) in [5.74, 6) is -0.467. The summed E-state index contributed by atoms with van der Waals surface area (Å²) < 4.78 is 0.